The maximum absolute atomic E-state index is 15.7. The lowest BCUT2D eigenvalue weighted by atomic mass is 9.88. The molecule has 11 rings (SSSR count). The van der Waals surface area contributed by atoms with Gasteiger partial charge in [0.25, 0.3) is 0 Å². The molecule has 0 amide bonds. The zero-order chi connectivity index (χ0) is 37.9. The number of fused-ring (bicyclic) bond motifs is 7. The van der Waals surface area contributed by atoms with Gasteiger partial charge in [-0.1, -0.05) is 176 Å². The molecule has 0 aliphatic heterocycles. The molecule has 2 heterocycles. The van der Waals surface area contributed by atoms with Crippen molar-refractivity contribution >= 4 is 77.4 Å². The van der Waals surface area contributed by atoms with E-state index < -0.39 is 7.14 Å². The van der Waals surface area contributed by atoms with Gasteiger partial charge in [-0.25, -0.2) is 4.98 Å². The minimum Gasteiger partial charge on any atom is -0.456 e. The maximum atomic E-state index is 15.7. The van der Waals surface area contributed by atoms with Gasteiger partial charge in [0, 0.05) is 54.0 Å². The Morgan fingerprint density at radius 3 is 1.72 bits per heavy atom. The third-order valence-corrected chi connectivity index (χ3v) is 14.4. The summed E-state index contributed by atoms with van der Waals surface area (Å²) in [6.45, 7) is 0. The number of benzene rings is 9. The summed E-state index contributed by atoms with van der Waals surface area (Å²) in [7, 11) is -3.23. The lowest BCUT2D eigenvalue weighted by molar-refractivity contribution is 0.592. The molecule has 0 fully saturated rings. The summed E-state index contributed by atoms with van der Waals surface area (Å²) in [6.07, 6.45) is 0. The number of pyridine rings is 1. The average Bonchev–Trinajstić information content (AvgIpc) is 3.66. The van der Waals surface area contributed by atoms with E-state index in [2.05, 4.69) is 121 Å². The van der Waals surface area contributed by atoms with Crippen molar-refractivity contribution in [1.82, 2.24) is 4.98 Å². The van der Waals surface area contributed by atoms with Gasteiger partial charge in [-0.05, 0) is 57.8 Å². The zero-order valence-corrected chi connectivity index (χ0v) is 31.7. The summed E-state index contributed by atoms with van der Waals surface area (Å²) < 4.78 is 22.3. The van der Waals surface area contributed by atoms with Crippen molar-refractivity contribution in [2.45, 2.75) is 0 Å². The van der Waals surface area contributed by atoms with Gasteiger partial charge in [0.05, 0.1) is 11.2 Å². The lowest BCUT2D eigenvalue weighted by Gasteiger charge is -2.23. The number of aromatic nitrogens is 1. The molecule has 268 valence electrons. The number of hydrogen-bond donors (Lipinski definition) is 0. The van der Waals surface area contributed by atoms with E-state index in [1.54, 1.807) is 0 Å². The summed E-state index contributed by atoms with van der Waals surface area (Å²) in [5.41, 5.74) is 8.94. The van der Waals surface area contributed by atoms with Crippen molar-refractivity contribution in [3.63, 3.8) is 0 Å². The van der Waals surface area contributed by atoms with Gasteiger partial charge in [0.2, 0.25) is 0 Å². The normalized spacial score (nSPS) is 11.9. The van der Waals surface area contributed by atoms with Gasteiger partial charge < -0.3 is 8.98 Å². The molecule has 0 unspecified atom stereocenters. The molecule has 0 spiro atoms. The summed E-state index contributed by atoms with van der Waals surface area (Å²) in [4.78, 5) is 5.28. The van der Waals surface area contributed by atoms with Crippen molar-refractivity contribution in [1.29, 1.82) is 0 Å². The predicted molar refractivity (Wildman–Crippen MR) is 240 cm³/mol. The summed E-state index contributed by atoms with van der Waals surface area (Å²) in [5.74, 6) is 0. The van der Waals surface area contributed by atoms with E-state index >= 15 is 4.57 Å². The molecular formula is C53H34NO2P. The number of rotatable bonds is 6. The smallest absolute Gasteiger partial charge is 0.171 e. The second kappa shape index (κ2) is 13.3. The highest BCUT2D eigenvalue weighted by Crippen LogP contribution is 2.48. The molecule has 2 aromatic heterocycles. The Kier molecular flexibility index (Phi) is 7.77. The molecule has 4 heteroatoms. The number of hydrogen-bond acceptors (Lipinski definition) is 3. The molecular weight excluding hydrogens is 714 g/mol. The Labute approximate surface area is 329 Å². The topological polar surface area (TPSA) is 43.1 Å². The Bertz CT molecular complexity index is 3330. The monoisotopic (exact) mass is 747 g/mol. The van der Waals surface area contributed by atoms with E-state index in [4.69, 9.17) is 9.40 Å². The molecule has 9 aromatic carbocycles. The molecule has 3 nitrogen and oxygen atoms in total. The fourth-order valence-corrected chi connectivity index (χ4v) is 11.6. The van der Waals surface area contributed by atoms with Gasteiger partial charge in [0.1, 0.15) is 11.2 Å². The number of furan rings is 1. The number of nitrogens with zero attached hydrogens (tertiary/aromatic N) is 1. The van der Waals surface area contributed by atoms with Crippen molar-refractivity contribution in [2.75, 3.05) is 0 Å². The highest BCUT2D eigenvalue weighted by molar-refractivity contribution is 7.85. The predicted octanol–water partition coefficient (Wildman–Crippen LogP) is 13.1. The molecule has 0 atom stereocenters. The van der Waals surface area contributed by atoms with Crippen LogP contribution in [0.5, 0.6) is 0 Å². The van der Waals surface area contributed by atoms with E-state index in [0.29, 0.717) is 0 Å². The minimum atomic E-state index is -3.23. The van der Waals surface area contributed by atoms with E-state index in [1.165, 1.54) is 0 Å². The second-order valence-electron chi connectivity index (χ2n) is 14.5. The molecule has 0 aliphatic rings. The van der Waals surface area contributed by atoms with Crippen molar-refractivity contribution < 1.29 is 8.98 Å². The fourth-order valence-electron chi connectivity index (χ4n) is 8.78. The second-order valence-corrected chi connectivity index (χ2v) is 17.3. The minimum absolute atomic E-state index is 0.819. The molecule has 0 bridgehead atoms. The molecule has 0 N–H and O–H groups in total. The molecule has 11 aromatic rings. The zero-order valence-electron chi connectivity index (χ0n) is 30.8. The Balaban J connectivity index is 1.20. The molecule has 0 radical (unpaired) electrons. The van der Waals surface area contributed by atoms with E-state index in [-0.39, 0.29) is 0 Å². The molecule has 57 heavy (non-hydrogen) atoms. The fraction of sp³-hybridized carbons (Fsp3) is 0. The van der Waals surface area contributed by atoms with Crippen LogP contribution < -0.4 is 15.9 Å². The SMILES string of the molecule is O=P(c1ccccc1)(c1ccccc1)c1ccc(-c2cccc(-c3c4c(cc5c(-c6ccccc6)nc6ccccc6c35)oc3ccccc34)c2)c2ccccc12. The van der Waals surface area contributed by atoms with Crippen LogP contribution >= 0.6 is 7.14 Å². The van der Waals surface area contributed by atoms with Crippen LogP contribution in [0.3, 0.4) is 0 Å². The van der Waals surface area contributed by atoms with E-state index in [1.807, 2.05) is 84.9 Å². The van der Waals surface area contributed by atoms with Gasteiger partial charge >= 0.3 is 0 Å². The van der Waals surface area contributed by atoms with E-state index in [9.17, 15) is 0 Å². The summed E-state index contributed by atoms with van der Waals surface area (Å²) in [6, 6.07) is 70.7. The first kappa shape index (κ1) is 33.3. The van der Waals surface area contributed by atoms with Crippen LogP contribution in [0.4, 0.5) is 0 Å². The summed E-state index contributed by atoms with van der Waals surface area (Å²) in [5, 5.41) is 9.94. The quantitative estimate of drug-likeness (QED) is 0.126. The Hall–Kier alpha value is -7.06. The highest BCUT2D eigenvalue weighted by atomic mass is 31.2. The Morgan fingerprint density at radius 1 is 0.404 bits per heavy atom. The first-order chi connectivity index (χ1) is 28.2. The maximum Gasteiger partial charge on any atom is 0.171 e. The van der Waals surface area contributed by atoms with Gasteiger partial charge in [-0.15, -0.1) is 0 Å². The van der Waals surface area contributed by atoms with Crippen LogP contribution in [-0.4, -0.2) is 4.98 Å². The van der Waals surface area contributed by atoms with Gasteiger partial charge in [-0.2, -0.15) is 0 Å². The molecule has 0 saturated carbocycles. The van der Waals surface area contributed by atoms with Crippen molar-refractivity contribution in [3.8, 4) is 33.5 Å². The molecule has 0 saturated heterocycles. The van der Waals surface area contributed by atoms with Gasteiger partial charge in [-0.3, -0.25) is 0 Å². The van der Waals surface area contributed by atoms with Gasteiger partial charge in [0.15, 0.2) is 7.14 Å². The lowest BCUT2D eigenvalue weighted by Crippen LogP contribution is -2.25. The average molecular weight is 748 g/mol. The van der Waals surface area contributed by atoms with Crippen LogP contribution in [-0.2, 0) is 4.57 Å². The van der Waals surface area contributed by atoms with Crippen molar-refractivity contribution in [2.24, 2.45) is 0 Å². The molecule has 0 aliphatic carbocycles. The highest BCUT2D eigenvalue weighted by Gasteiger charge is 2.32. The van der Waals surface area contributed by atoms with Crippen LogP contribution in [0.15, 0.2) is 211 Å². The first-order valence-electron chi connectivity index (χ1n) is 19.2. The van der Waals surface area contributed by atoms with Crippen LogP contribution in [0.25, 0.3) is 87.9 Å². The van der Waals surface area contributed by atoms with Crippen LogP contribution in [0.1, 0.15) is 0 Å². The Morgan fingerprint density at radius 2 is 0.982 bits per heavy atom. The third-order valence-electron chi connectivity index (χ3n) is 11.3. The number of para-hydroxylation sites is 2. The standard InChI is InChI=1S/C53H34NO2P/c55-57(38-21-6-2-7-22-38,39-23-8-3-9-24-39)49-32-31-40(41-25-10-11-26-42(41)49)36-19-16-20-37(33-36)50-51-43-27-12-14-29-46(43)54-53(35-17-4-1-5-18-35)45(51)34-48-52(50)44-28-13-15-30-47(44)56-48/h1-34H. The van der Waals surface area contributed by atoms with Crippen molar-refractivity contribution in [3.05, 3.63) is 206 Å². The van der Waals surface area contributed by atoms with Crippen LogP contribution in [0, 0.1) is 0 Å². The van der Waals surface area contributed by atoms with E-state index in [0.717, 1.165) is 104 Å². The largest absolute Gasteiger partial charge is 0.456 e. The van der Waals surface area contributed by atoms with Crippen LogP contribution in [0.2, 0.25) is 0 Å². The first-order valence-corrected chi connectivity index (χ1v) is 20.9. The third kappa shape index (κ3) is 5.28. The summed E-state index contributed by atoms with van der Waals surface area (Å²) >= 11 is 0.